The molecule has 0 amide bonds. The third-order valence-electron chi connectivity index (χ3n) is 1.62. The first kappa shape index (κ1) is 12.7. The molecule has 0 saturated heterocycles. The molecular formula is C9H8ClNO4S. The van der Waals surface area contributed by atoms with Crippen molar-refractivity contribution < 1.29 is 17.9 Å². The van der Waals surface area contributed by atoms with Crippen LogP contribution in [0.5, 0.6) is 5.75 Å². The number of hydrogen-bond acceptors (Lipinski definition) is 4. The van der Waals surface area contributed by atoms with Crippen molar-refractivity contribution in [3.05, 3.63) is 24.3 Å². The quantitative estimate of drug-likeness (QED) is 0.455. The van der Waals surface area contributed by atoms with Crippen molar-refractivity contribution in [2.45, 2.75) is 4.90 Å². The standard InChI is InChI=1S/C9H8ClNO4S/c10-5-6-15-8-3-1-2-4-9(8)16(13,14)11-7-12/h1-4H,5-6H2. The Hall–Kier alpha value is -1.36. The molecule has 1 aromatic carbocycles. The number of alkyl halides is 1. The van der Waals surface area contributed by atoms with Crippen LogP contribution in [0.15, 0.2) is 33.6 Å². The molecule has 7 heteroatoms. The first-order valence-corrected chi connectivity index (χ1v) is 6.21. The smallest absolute Gasteiger partial charge is 0.296 e. The first-order valence-electron chi connectivity index (χ1n) is 4.24. The molecule has 0 aliphatic heterocycles. The highest BCUT2D eigenvalue weighted by Gasteiger charge is 2.18. The van der Waals surface area contributed by atoms with Gasteiger partial charge in [0, 0.05) is 0 Å². The molecule has 0 heterocycles. The topological polar surface area (TPSA) is 72.8 Å². The van der Waals surface area contributed by atoms with Gasteiger partial charge in [0.1, 0.15) is 17.3 Å². The third-order valence-corrected chi connectivity index (χ3v) is 2.98. The highest BCUT2D eigenvalue weighted by molar-refractivity contribution is 7.90. The molecule has 0 atom stereocenters. The molecule has 0 N–H and O–H groups in total. The normalized spacial score (nSPS) is 10.6. The molecule has 0 aliphatic rings. The second kappa shape index (κ2) is 5.65. The average molecular weight is 262 g/mol. The molecule has 0 aliphatic carbocycles. The van der Waals surface area contributed by atoms with Crippen molar-refractivity contribution in [3.63, 3.8) is 0 Å². The molecule has 16 heavy (non-hydrogen) atoms. The van der Waals surface area contributed by atoms with Crippen molar-refractivity contribution >= 4 is 27.7 Å². The van der Waals surface area contributed by atoms with E-state index in [-0.39, 0.29) is 23.1 Å². The van der Waals surface area contributed by atoms with Crippen LogP contribution in [0.1, 0.15) is 0 Å². The van der Waals surface area contributed by atoms with E-state index in [1.165, 1.54) is 18.2 Å². The number of sulfonamides is 1. The second-order valence-electron chi connectivity index (χ2n) is 2.64. The van der Waals surface area contributed by atoms with E-state index in [0.29, 0.717) is 0 Å². The van der Waals surface area contributed by atoms with Crippen LogP contribution in [0.4, 0.5) is 0 Å². The van der Waals surface area contributed by atoms with Gasteiger partial charge < -0.3 is 4.74 Å². The summed E-state index contributed by atoms with van der Waals surface area (Å²) in [6.07, 6.45) is 0.995. The Kier molecular flexibility index (Phi) is 4.49. The highest BCUT2D eigenvalue weighted by atomic mass is 35.5. The van der Waals surface area contributed by atoms with Gasteiger partial charge in [-0.15, -0.1) is 11.6 Å². The summed E-state index contributed by atoms with van der Waals surface area (Å²) < 4.78 is 30.8. The fraction of sp³-hybridized carbons (Fsp3) is 0.222. The number of isocyanates is 1. The molecule has 0 radical (unpaired) electrons. The monoisotopic (exact) mass is 261 g/mol. The van der Waals surface area contributed by atoms with Crippen molar-refractivity contribution in [2.24, 2.45) is 4.40 Å². The largest absolute Gasteiger partial charge is 0.491 e. The van der Waals surface area contributed by atoms with Gasteiger partial charge in [-0.05, 0) is 12.1 Å². The number of ether oxygens (including phenoxy) is 1. The summed E-state index contributed by atoms with van der Waals surface area (Å²) >= 11 is 5.42. The van der Waals surface area contributed by atoms with E-state index in [9.17, 15) is 13.2 Å². The van der Waals surface area contributed by atoms with Crippen LogP contribution >= 0.6 is 11.6 Å². The number of rotatable bonds is 5. The van der Waals surface area contributed by atoms with Gasteiger partial charge in [0.15, 0.2) is 0 Å². The van der Waals surface area contributed by atoms with E-state index >= 15 is 0 Å². The lowest BCUT2D eigenvalue weighted by atomic mass is 10.3. The van der Waals surface area contributed by atoms with Crippen molar-refractivity contribution in [2.75, 3.05) is 12.5 Å². The Labute approximate surface area is 97.8 Å². The molecule has 1 rings (SSSR count). The van der Waals surface area contributed by atoms with Gasteiger partial charge in [0.2, 0.25) is 0 Å². The SMILES string of the molecule is O=C=NS(=O)(=O)c1ccccc1OCCCl. The Morgan fingerprint density at radius 1 is 1.38 bits per heavy atom. The van der Waals surface area contributed by atoms with Crippen LogP contribution in [0.25, 0.3) is 0 Å². The zero-order valence-corrected chi connectivity index (χ0v) is 9.66. The van der Waals surface area contributed by atoms with Crippen molar-refractivity contribution in [1.29, 1.82) is 0 Å². The Balaban J connectivity index is 3.18. The lowest BCUT2D eigenvalue weighted by molar-refractivity contribution is 0.333. The summed E-state index contributed by atoms with van der Waals surface area (Å²) in [5.74, 6) is 0.341. The van der Waals surface area contributed by atoms with Gasteiger partial charge in [-0.25, -0.2) is 4.79 Å². The van der Waals surface area contributed by atoms with E-state index in [1.54, 1.807) is 6.07 Å². The van der Waals surface area contributed by atoms with Gasteiger partial charge in [-0.1, -0.05) is 16.5 Å². The van der Waals surface area contributed by atoms with E-state index in [2.05, 4.69) is 4.40 Å². The minimum absolute atomic E-state index is 0.113. The lowest BCUT2D eigenvalue weighted by Gasteiger charge is -2.07. The minimum atomic E-state index is -4.04. The molecule has 0 bridgehead atoms. The molecular weight excluding hydrogens is 254 g/mol. The number of nitrogens with zero attached hydrogens (tertiary/aromatic N) is 1. The molecule has 0 spiro atoms. The summed E-state index contributed by atoms with van der Waals surface area (Å²) in [7, 11) is -4.04. The van der Waals surface area contributed by atoms with E-state index < -0.39 is 10.0 Å². The van der Waals surface area contributed by atoms with Gasteiger partial charge in [-0.3, -0.25) is 0 Å². The van der Waals surface area contributed by atoms with E-state index in [1.807, 2.05) is 0 Å². The summed E-state index contributed by atoms with van der Waals surface area (Å²) in [5.41, 5.74) is 0. The van der Waals surface area contributed by atoms with Crippen LogP contribution in [0.2, 0.25) is 0 Å². The second-order valence-corrected chi connectivity index (χ2v) is 4.59. The zero-order chi connectivity index (χ0) is 12.0. The van der Waals surface area contributed by atoms with Gasteiger partial charge in [0.05, 0.1) is 5.88 Å². The fourth-order valence-corrected chi connectivity index (χ4v) is 1.93. The van der Waals surface area contributed by atoms with Gasteiger partial charge in [-0.2, -0.15) is 8.42 Å². The van der Waals surface area contributed by atoms with E-state index in [0.717, 1.165) is 6.08 Å². The zero-order valence-electron chi connectivity index (χ0n) is 8.09. The van der Waals surface area contributed by atoms with Crippen molar-refractivity contribution in [3.8, 4) is 5.75 Å². The molecule has 86 valence electrons. The highest BCUT2D eigenvalue weighted by Crippen LogP contribution is 2.24. The first-order chi connectivity index (χ1) is 7.61. The number of carbonyl (C=O) groups excluding carboxylic acids is 1. The Morgan fingerprint density at radius 3 is 2.69 bits per heavy atom. The van der Waals surface area contributed by atoms with Crippen LogP contribution in [0.3, 0.4) is 0 Å². The molecule has 0 aromatic heterocycles. The summed E-state index contributed by atoms with van der Waals surface area (Å²) in [5, 5.41) is 0. The van der Waals surface area contributed by atoms with Crippen LogP contribution in [0, 0.1) is 0 Å². The summed E-state index contributed by atoms with van der Waals surface area (Å²) in [4.78, 5) is 9.81. The molecule has 5 nitrogen and oxygen atoms in total. The molecule has 0 fully saturated rings. The summed E-state index contributed by atoms with van der Waals surface area (Å²) in [6.45, 7) is 0.166. The maximum atomic E-state index is 11.5. The van der Waals surface area contributed by atoms with Crippen LogP contribution in [-0.4, -0.2) is 27.0 Å². The lowest BCUT2D eigenvalue weighted by Crippen LogP contribution is -2.04. The molecule has 1 aromatic rings. The minimum Gasteiger partial charge on any atom is -0.491 e. The maximum Gasteiger partial charge on any atom is 0.296 e. The number of para-hydroxylation sites is 1. The Morgan fingerprint density at radius 2 is 2.06 bits per heavy atom. The Bertz CT molecular complexity index is 508. The average Bonchev–Trinajstić information content (AvgIpc) is 2.26. The third kappa shape index (κ3) is 3.06. The molecule has 0 unspecified atom stereocenters. The van der Waals surface area contributed by atoms with Crippen LogP contribution < -0.4 is 4.74 Å². The molecule has 0 saturated carbocycles. The predicted molar refractivity (Wildman–Crippen MR) is 58.0 cm³/mol. The predicted octanol–water partition coefficient (Wildman–Crippen LogP) is 1.33. The fourth-order valence-electron chi connectivity index (χ4n) is 1.03. The maximum absolute atomic E-state index is 11.5. The van der Waals surface area contributed by atoms with Gasteiger partial charge >= 0.3 is 0 Å². The van der Waals surface area contributed by atoms with Crippen molar-refractivity contribution in [1.82, 2.24) is 0 Å². The van der Waals surface area contributed by atoms with Gasteiger partial charge in [0.25, 0.3) is 16.1 Å². The number of hydrogen-bond donors (Lipinski definition) is 0. The van der Waals surface area contributed by atoms with E-state index in [4.69, 9.17) is 16.3 Å². The van der Waals surface area contributed by atoms with Crippen LogP contribution in [-0.2, 0) is 14.8 Å². The number of benzene rings is 1. The summed E-state index contributed by atoms with van der Waals surface area (Å²) in [6, 6.07) is 5.85. The number of halogens is 1.